The minimum Gasteiger partial charge on any atom is -0.465 e. The largest absolute Gasteiger partial charge is 0.465 e. The van der Waals surface area contributed by atoms with Crippen molar-refractivity contribution in [1.29, 1.82) is 0 Å². The van der Waals surface area contributed by atoms with E-state index in [0.717, 1.165) is 24.2 Å². The summed E-state index contributed by atoms with van der Waals surface area (Å²) in [6.07, 6.45) is -1.33. The third kappa shape index (κ3) is 2.56. The number of rotatable bonds is 0. The highest BCUT2D eigenvalue weighted by Crippen LogP contribution is 2.50. The van der Waals surface area contributed by atoms with Crippen molar-refractivity contribution in [1.82, 2.24) is 5.32 Å². The van der Waals surface area contributed by atoms with Crippen LogP contribution in [-0.4, -0.2) is 24.3 Å². The summed E-state index contributed by atoms with van der Waals surface area (Å²) in [5.41, 5.74) is 7.58. The van der Waals surface area contributed by atoms with Gasteiger partial charge in [0.05, 0.1) is 10.0 Å². The lowest BCUT2D eigenvalue weighted by molar-refractivity contribution is 0.205. The number of amides is 1. The smallest absolute Gasteiger partial charge is 0.402 e. The maximum atomic E-state index is 8.78. The molecule has 1 saturated heterocycles. The van der Waals surface area contributed by atoms with Crippen LogP contribution >= 0.6 is 23.2 Å². The topological polar surface area (TPSA) is 75.3 Å². The van der Waals surface area contributed by atoms with Crippen LogP contribution in [0.4, 0.5) is 4.79 Å². The minimum absolute atomic E-state index is 0.510. The Morgan fingerprint density at radius 3 is 2.58 bits per heavy atom. The molecule has 4 N–H and O–H groups in total. The number of nitrogens with one attached hydrogen (secondary N) is 1. The molecule has 0 spiro atoms. The van der Waals surface area contributed by atoms with Crippen LogP contribution in [0.1, 0.15) is 17.0 Å². The number of benzene rings is 1. The number of halogens is 2. The first kappa shape index (κ1) is 14.2. The highest BCUT2D eigenvalue weighted by Gasteiger charge is 2.40. The van der Waals surface area contributed by atoms with Crippen molar-refractivity contribution in [3.63, 3.8) is 0 Å². The Hall–Kier alpha value is -1.23. The molecule has 3 rings (SSSR count). The summed E-state index contributed by atoms with van der Waals surface area (Å²) in [7, 11) is 0. The third-order valence-corrected chi connectivity index (χ3v) is 4.31. The summed E-state index contributed by atoms with van der Waals surface area (Å²) >= 11 is 12.3. The molecule has 0 bridgehead atoms. The summed E-state index contributed by atoms with van der Waals surface area (Å²) in [4.78, 5) is 8.78. The predicted octanol–water partition coefficient (Wildman–Crippen LogP) is 2.95. The second kappa shape index (κ2) is 5.41. The second-order valence-corrected chi connectivity index (χ2v) is 5.35. The van der Waals surface area contributed by atoms with Crippen LogP contribution < -0.4 is 11.1 Å². The summed E-state index contributed by atoms with van der Waals surface area (Å²) in [6, 6.07) is 3.98. The van der Waals surface area contributed by atoms with Crippen LogP contribution in [0.5, 0.6) is 0 Å². The molecule has 2 unspecified atom stereocenters. The number of primary amides is 1. The molecular weight excluding hydrogens is 287 g/mol. The molecule has 1 fully saturated rings. The van der Waals surface area contributed by atoms with Gasteiger partial charge in [0.15, 0.2) is 0 Å². The molecule has 1 aliphatic heterocycles. The molecule has 0 radical (unpaired) electrons. The van der Waals surface area contributed by atoms with Crippen molar-refractivity contribution in [2.24, 2.45) is 11.7 Å². The van der Waals surface area contributed by atoms with E-state index in [2.05, 4.69) is 23.7 Å². The van der Waals surface area contributed by atoms with E-state index in [1.807, 2.05) is 6.07 Å². The van der Waals surface area contributed by atoms with E-state index < -0.39 is 6.09 Å². The Bertz CT molecular complexity index is 542. The van der Waals surface area contributed by atoms with Gasteiger partial charge in [-0.15, -0.1) is 0 Å². The fourth-order valence-corrected chi connectivity index (χ4v) is 3.21. The fourth-order valence-electron chi connectivity index (χ4n) is 2.76. The van der Waals surface area contributed by atoms with E-state index in [-0.39, 0.29) is 0 Å². The standard InChI is InChI=1S/C12H11Cl2N.CH3NO2/c1-6-8-4-15-5-9(8)7-2-3-10(13)12(14)11(6)7;2-1(3)4/h2-3,8-9,15H,1,4-5H2;2H2,(H,3,4). The molecule has 1 heterocycles. The molecule has 1 aliphatic carbocycles. The lowest BCUT2D eigenvalue weighted by Gasteiger charge is -2.08. The van der Waals surface area contributed by atoms with Crippen LogP contribution in [0.15, 0.2) is 18.7 Å². The Balaban J connectivity index is 0.000000297. The molecule has 2 aliphatic rings. The maximum absolute atomic E-state index is 8.78. The molecule has 0 aromatic heterocycles. The van der Waals surface area contributed by atoms with E-state index in [1.54, 1.807) is 0 Å². The third-order valence-electron chi connectivity index (χ3n) is 3.51. The minimum atomic E-state index is -1.33. The van der Waals surface area contributed by atoms with Crippen molar-refractivity contribution in [3.05, 3.63) is 39.9 Å². The fraction of sp³-hybridized carbons (Fsp3) is 0.308. The number of nitrogens with two attached hydrogens (primary N) is 1. The van der Waals surface area contributed by atoms with Crippen LogP contribution in [0, 0.1) is 5.92 Å². The molecular formula is C13H14Cl2N2O2. The van der Waals surface area contributed by atoms with E-state index in [1.165, 1.54) is 5.56 Å². The zero-order chi connectivity index (χ0) is 14.2. The quantitative estimate of drug-likeness (QED) is 0.689. The normalized spacial score (nSPS) is 23.4. The van der Waals surface area contributed by atoms with Gasteiger partial charge < -0.3 is 16.2 Å². The highest BCUT2D eigenvalue weighted by molar-refractivity contribution is 6.43. The van der Waals surface area contributed by atoms with Gasteiger partial charge >= 0.3 is 6.09 Å². The molecule has 1 aromatic rings. The van der Waals surface area contributed by atoms with E-state index in [0.29, 0.717) is 21.9 Å². The Labute approximate surface area is 121 Å². The van der Waals surface area contributed by atoms with Gasteiger partial charge in [0, 0.05) is 30.5 Å². The van der Waals surface area contributed by atoms with E-state index in [9.17, 15) is 0 Å². The van der Waals surface area contributed by atoms with Crippen molar-refractivity contribution in [2.75, 3.05) is 13.1 Å². The van der Waals surface area contributed by atoms with Gasteiger partial charge in [0.1, 0.15) is 0 Å². The van der Waals surface area contributed by atoms with Gasteiger partial charge in [-0.3, -0.25) is 0 Å². The second-order valence-electron chi connectivity index (χ2n) is 4.56. The molecule has 102 valence electrons. The molecule has 1 aromatic carbocycles. The van der Waals surface area contributed by atoms with Gasteiger partial charge in [0.25, 0.3) is 0 Å². The Morgan fingerprint density at radius 1 is 1.37 bits per heavy atom. The van der Waals surface area contributed by atoms with Crippen molar-refractivity contribution >= 4 is 34.9 Å². The first-order valence-electron chi connectivity index (χ1n) is 5.79. The number of fused-ring (bicyclic) bond motifs is 3. The molecule has 2 atom stereocenters. The Morgan fingerprint density at radius 2 is 1.95 bits per heavy atom. The van der Waals surface area contributed by atoms with Gasteiger partial charge in [0.2, 0.25) is 0 Å². The number of carboxylic acid groups (broad SMARTS) is 1. The number of carbonyl (C=O) groups is 1. The van der Waals surface area contributed by atoms with E-state index >= 15 is 0 Å². The zero-order valence-corrected chi connectivity index (χ0v) is 11.6. The molecule has 6 heteroatoms. The SMILES string of the molecule is C=C1c2c(ccc(Cl)c2Cl)C2CNCC12.NC(=O)O. The van der Waals surface area contributed by atoms with Crippen LogP contribution in [0.2, 0.25) is 10.0 Å². The molecule has 1 amide bonds. The average molecular weight is 301 g/mol. The van der Waals surface area contributed by atoms with Crippen LogP contribution in [0.3, 0.4) is 0 Å². The first-order chi connectivity index (χ1) is 8.93. The number of hydrogen-bond donors (Lipinski definition) is 3. The van der Waals surface area contributed by atoms with Crippen molar-refractivity contribution < 1.29 is 9.90 Å². The monoisotopic (exact) mass is 300 g/mol. The predicted molar refractivity (Wildman–Crippen MR) is 76.8 cm³/mol. The summed E-state index contributed by atoms with van der Waals surface area (Å²) in [6.45, 7) is 6.19. The lowest BCUT2D eigenvalue weighted by atomic mass is 9.95. The van der Waals surface area contributed by atoms with Gasteiger partial charge in [-0.1, -0.05) is 35.8 Å². The van der Waals surface area contributed by atoms with Crippen LogP contribution in [0.25, 0.3) is 5.57 Å². The zero-order valence-electron chi connectivity index (χ0n) is 10.1. The maximum Gasteiger partial charge on any atom is 0.402 e. The number of hydrogen-bond acceptors (Lipinski definition) is 2. The lowest BCUT2D eigenvalue weighted by Crippen LogP contribution is -2.10. The summed E-state index contributed by atoms with van der Waals surface area (Å²) in [5, 5.41) is 11.9. The molecule has 0 saturated carbocycles. The average Bonchev–Trinajstić information content (AvgIpc) is 2.87. The summed E-state index contributed by atoms with van der Waals surface area (Å²) < 4.78 is 0. The first-order valence-corrected chi connectivity index (χ1v) is 6.55. The van der Waals surface area contributed by atoms with Gasteiger partial charge in [-0.25, -0.2) is 4.79 Å². The van der Waals surface area contributed by atoms with Crippen LogP contribution in [-0.2, 0) is 0 Å². The van der Waals surface area contributed by atoms with Crippen molar-refractivity contribution in [2.45, 2.75) is 5.92 Å². The molecule has 19 heavy (non-hydrogen) atoms. The molecule has 4 nitrogen and oxygen atoms in total. The van der Waals surface area contributed by atoms with Gasteiger partial charge in [-0.2, -0.15) is 0 Å². The highest BCUT2D eigenvalue weighted by atomic mass is 35.5. The van der Waals surface area contributed by atoms with Crippen molar-refractivity contribution in [3.8, 4) is 0 Å². The Kier molecular flexibility index (Phi) is 4.04. The van der Waals surface area contributed by atoms with Gasteiger partial charge in [-0.05, 0) is 17.2 Å². The summed E-state index contributed by atoms with van der Waals surface area (Å²) in [5.74, 6) is 1.05. The van der Waals surface area contributed by atoms with E-state index in [4.69, 9.17) is 33.1 Å².